The molecule has 1 heteroatoms. The lowest BCUT2D eigenvalue weighted by Gasteiger charge is -2.50. The minimum Gasteiger partial charge on any atom is -0.198 e. The average Bonchev–Trinajstić information content (AvgIpc) is 2.93. The van der Waals surface area contributed by atoms with Gasteiger partial charge in [-0.2, -0.15) is 5.26 Å². The van der Waals surface area contributed by atoms with Crippen molar-refractivity contribution in [2.24, 2.45) is 39.9 Å². The Balaban J connectivity index is 2.17. The van der Waals surface area contributed by atoms with Crippen LogP contribution in [-0.2, 0) is 0 Å². The molecule has 2 bridgehead atoms. The lowest BCUT2D eigenvalue weighted by molar-refractivity contribution is -0.00369. The molecule has 0 aliphatic heterocycles. The van der Waals surface area contributed by atoms with Crippen molar-refractivity contribution in [2.45, 2.75) is 87.0 Å². The largest absolute Gasteiger partial charge is 0.198 e. The molecule has 0 aromatic heterocycles. The zero-order valence-corrected chi connectivity index (χ0v) is 16.0. The predicted molar refractivity (Wildman–Crippen MR) is 94.3 cm³/mol. The second-order valence-electron chi connectivity index (χ2n) is 10.5. The second kappa shape index (κ2) is 5.85. The Morgan fingerprint density at radius 3 is 1.95 bits per heavy atom. The number of rotatable bonds is 4. The van der Waals surface area contributed by atoms with E-state index in [1.54, 1.807) is 0 Å². The number of nitriles is 1. The van der Waals surface area contributed by atoms with Gasteiger partial charge in [-0.25, -0.2) is 0 Å². The van der Waals surface area contributed by atoms with E-state index in [2.05, 4.69) is 54.5 Å². The van der Waals surface area contributed by atoms with Crippen LogP contribution in [0.5, 0.6) is 0 Å². The Kier molecular flexibility index (Phi) is 4.74. The molecule has 0 aromatic carbocycles. The van der Waals surface area contributed by atoms with E-state index < -0.39 is 0 Å². The summed E-state index contributed by atoms with van der Waals surface area (Å²) >= 11 is 0. The molecule has 2 aliphatic rings. The fraction of sp³-hybridized carbons (Fsp3) is 0.952. The van der Waals surface area contributed by atoms with Gasteiger partial charge in [-0.1, -0.05) is 48.5 Å². The van der Waals surface area contributed by atoms with Crippen LogP contribution >= 0.6 is 0 Å². The zero-order valence-electron chi connectivity index (χ0n) is 16.0. The van der Waals surface area contributed by atoms with Gasteiger partial charge < -0.3 is 0 Å². The van der Waals surface area contributed by atoms with Gasteiger partial charge in [0.15, 0.2) is 0 Å². The first-order valence-corrected chi connectivity index (χ1v) is 9.41. The summed E-state index contributed by atoms with van der Waals surface area (Å²) in [5.41, 5.74) is 1.17. The van der Waals surface area contributed by atoms with E-state index in [9.17, 15) is 5.26 Å². The summed E-state index contributed by atoms with van der Waals surface area (Å²) in [6.07, 6.45) is 7.82. The molecule has 0 heterocycles. The Morgan fingerprint density at radius 1 is 0.955 bits per heavy atom. The first kappa shape index (κ1) is 17.8. The summed E-state index contributed by atoms with van der Waals surface area (Å²) in [6.45, 7) is 17.0. The maximum absolute atomic E-state index is 9.29. The molecule has 0 radical (unpaired) electrons. The SMILES string of the molecule is CCC(CC1CC2CC1CC2C#N)(CC(C)(C)C)C(C)(C)C. The molecule has 0 spiro atoms. The van der Waals surface area contributed by atoms with Crippen molar-refractivity contribution in [2.75, 3.05) is 0 Å². The van der Waals surface area contributed by atoms with Crippen LogP contribution in [0.3, 0.4) is 0 Å². The smallest absolute Gasteiger partial charge is 0.0658 e. The Bertz CT molecular complexity index is 430. The van der Waals surface area contributed by atoms with Crippen LogP contribution < -0.4 is 0 Å². The minimum absolute atomic E-state index is 0.353. The van der Waals surface area contributed by atoms with Gasteiger partial charge in [-0.3, -0.25) is 0 Å². The molecular formula is C21H37N. The molecule has 2 saturated carbocycles. The highest BCUT2D eigenvalue weighted by Gasteiger charge is 2.51. The second-order valence-corrected chi connectivity index (χ2v) is 10.5. The molecule has 126 valence electrons. The van der Waals surface area contributed by atoms with Gasteiger partial charge >= 0.3 is 0 Å². The van der Waals surface area contributed by atoms with E-state index in [0.29, 0.717) is 28.1 Å². The summed E-state index contributed by atoms with van der Waals surface area (Å²) in [4.78, 5) is 0. The average molecular weight is 304 g/mol. The van der Waals surface area contributed by atoms with Crippen LogP contribution in [-0.4, -0.2) is 0 Å². The van der Waals surface area contributed by atoms with E-state index in [-0.39, 0.29) is 0 Å². The number of nitrogens with zero attached hydrogens (tertiary/aromatic N) is 1. The molecule has 0 N–H and O–H groups in total. The van der Waals surface area contributed by atoms with Crippen molar-refractivity contribution in [3.8, 4) is 6.07 Å². The molecule has 0 aromatic rings. The Hall–Kier alpha value is -0.510. The number of fused-ring (bicyclic) bond motifs is 2. The highest BCUT2D eigenvalue weighted by atomic mass is 14.6. The third kappa shape index (κ3) is 3.37. The molecule has 5 unspecified atom stereocenters. The Morgan fingerprint density at radius 2 is 1.59 bits per heavy atom. The first-order valence-electron chi connectivity index (χ1n) is 9.41. The lowest BCUT2D eigenvalue weighted by atomic mass is 9.55. The fourth-order valence-corrected chi connectivity index (χ4v) is 5.76. The van der Waals surface area contributed by atoms with Gasteiger partial charge in [0.25, 0.3) is 0 Å². The van der Waals surface area contributed by atoms with Crippen LogP contribution in [0.25, 0.3) is 0 Å². The van der Waals surface area contributed by atoms with Crippen molar-refractivity contribution in [3.05, 3.63) is 0 Å². The van der Waals surface area contributed by atoms with E-state index >= 15 is 0 Å². The molecule has 22 heavy (non-hydrogen) atoms. The number of hydrogen-bond acceptors (Lipinski definition) is 1. The lowest BCUT2D eigenvalue weighted by Crippen LogP contribution is -2.41. The molecule has 2 rings (SSSR count). The summed E-state index contributed by atoms with van der Waals surface area (Å²) in [6, 6.07) is 2.56. The Labute approximate surface area is 138 Å². The summed E-state index contributed by atoms with van der Waals surface area (Å²) in [7, 11) is 0. The normalized spacial score (nSPS) is 34.5. The first-order chi connectivity index (χ1) is 10.0. The molecule has 2 aliphatic carbocycles. The fourth-order valence-electron chi connectivity index (χ4n) is 5.76. The third-order valence-corrected chi connectivity index (χ3v) is 6.96. The van der Waals surface area contributed by atoms with Crippen molar-refractivity contribution in [1.82, 2.24) is 0 Å². The van der Waals surface area contributed by atoms with E-state index in [4.69, 9.17) is 0 Å². The van der Waals surface area contributed by atoms with Gasteiger partial charge in [-0.15, -0.1) is 0 Å². The van der Waals surface area contributed by atoms with Gasteiger partial charge in [0.05, 0.1) is 6.07 Å². The maximum atomic E-state index is 9.29. The summed E-state index contributed by atoms with van der Waals surface area (Å²) in [5.74, 6) is 2.79. The van der Waals surface area contributed by atoms with Gasteiger partial charge in [0, 0.05) is 5.92 Å². The van der Waals surface area contributed by atoms with Crippen molar-refractivity contribution in [1.29, 1.82) is 5.26 Å². The highest BCUT2D eigenvalue weighted by molar-refractivity contribution is 5.05. The van der Waals surface area contributed by atoms with Gasteiger partial charge in [0.1, 0.15) is 0 Å². The van der Waals surface area contributed by atoms with Crippen molar-refractivity contribution in [3.63, 3.8) is 0 Å². The van der Waals surface area contributed by atoms with Gasteiger partial charge in [0.2, 0.25) is 0 Å². The third-order valence-electron chi connectivity index (χ3n) is 6.96. The van der Waals surface area contributed by atoms with E-state index in [1.165, 1.54) is 38.5 Å². The maximum Gasteiger partial charge on any atom is 0.0658 e. The van der Waals surface area contributed by atoms with Gasteiger partial charge in [-0.05, 0) is 72.5 Å². The summed E-state index contributed by atoms with van der Waals surface area (Å²) in [5, 5.41) is 9.29. The van der Waals surface area contributed by atoms with E-state index in [0.717, 1.165) is 11.8 Å². The standard InChI is InChI=1S/C21H37N/c1-8-21(20(5,6)7,14-19(2,3)4)12-17-10-16-9-15(17)11-18(16)13-22/h15-18H,8-12,14H2,1-7H3. The zero-order chi connectivity index (χ0) is 16.8. The summed E-state index contributed by atoms with van der Waals surface area (Å²) < 4.78 is 0. The topological polar surface area (TPSA) is 23.8 Å². The molecule has 0 amide bonds. The predicted octanol–water partition coefficient (Wildman–Crippen LogP) is 6.44. The minimum atomic E-state index is 0.353. The number of hydrogen-bond donors (Lipinski definition) is 0. The molecule has 5 atom stereocenters. The van der Waals surface area contributed by atoms with Crippen LogP contribution in [0.4, 0.5) is 0 Å². The molecule has 0 saturated heterocycles. The molecule has 1 nitrogen and oxygen atoms in total. The van der Waals surface area contributed by atoms with Crippen LogP contribution in [0.15, 0.2) is 0 Å². The molecule has 2 fully saturated rings. The quantitative estimate of drug-likeness (QED) is 0.586. The van der Waals surface area contributed by atoms with Crippen molar-refractivity contribution >= 4 is 0 Å². The van der Waals surface area contributed by atoms with E-state index in [1.807, 2.05) is 0 Å². The van der Waals surface area contributed by atoms with Crippen molar-refractivity contribution < 1.29 is 0 Å². The molecular weight excluding hydrogens is 266 g/mol. The monoisotopic (exact) mass is 303 g/mol. The highest BCUT2D eigenvalue weighted by Crippen LogP contribution is 2.59. The van der Waals surface area contributed by atoms with Crippen LogP contribution in [0, 0.1) is 51.2 Å². The van der Waals surface area contributed by atoms with Crippen LogP contribution in [0.2, 0.25) is 0 Å². The van der Waals surface area contributed by atoms with Crippen LogP contribution in [0.1, 0.15) is 87.0 Å².